The number of carbonyl (C=O) groups excluding carboxylic acids is 1. The maximum atomic E-state index is 11.7. The van der Waals surface area contributed by atoms with Gasteiger partial charge in [-0.1, -0.05) is 0 Å². The van der Waals surface area contributed by atoms with Crippen molar-refractivity contribution in [3.63, 3.8) is 0 Å². The number of amides is 2. The van der Waals surface area contributed by atoms with Gasteiger partial charge in [-0.2, -0.15) is 0 Å². The summed E-state index contributed by atoms with van der Waals surface area (Å²) >= 11 is 0. The summed E-state index contributed by atoms with van der Waals surface area (Å²) in [5, 5.41) is 2.14. The fourth-order valence-corrected chi connectivity index (χ4v) is 2.20. The molecule has 7 nitrogen and oxygen atoms in total. The van der Waals surface area contributed by atoms with Crippen LogP contribution in [0.4, 0.5) is 10.5 Å². The number of anilines is 1. The van der Waals surface area contributed by atoms with Crippen LogP contribution >= 0.6 is 0 Å². The summed E-state index contributed by atoms with van der Waals surface area (Å²) in [4.78, 5) is 10.8. The van der Waals surface area contributed by atoms with Gasteiger partial charge >= 0.3 is 6.03 Å². The highest BCUT2D eigenvalue weighted by atomic mass is 32.2. The van der Waals surface area contributed by atoms with Crippen LogP contribution in [0, 0.1) is 0 Å². The molecule has 0 atom stereocenters. The maximum Gasteiger partial charge on any atom is 0.328 e. The minimum atomic E-state index is -3.97. The van der Waals surface area contributed by atoms with Gasteiger partial charge in [0.15, 0.2) is 0 Å². The Labute approximate surface area is 99.0 Å². The van der Waals surface area contributed by atoms with Crippen molar-refractivity contribution in [3.05, 3.63) is 18.2 Å². The Morgan fingerprint density at radius 1 is 1.41 bits per heavy atom. The van der Waals surface area contributed by atoms with Gasteiger partial charge in [0.05, 0.1) is 12.8 Å². The van der Waals surface area contributed by atoms with Gasteiger partial charge in [0.25, 0.3) is 10.0 Å². The molecule has 0 bridgehead atoms. The van der Waals surface area contributed by atoms with Crippen LogP contribution in [0.5, 0.6) is 5.75 Å². The second kappa shape index (κ2) is 4.91. The third-order valence-electron chi connectivity index (χ3n) is 1.96. The standard InChI is InChI=1S/C9H13N3O4S/c1-11-9(13)12-17(14,15)8-4-3-6(16-2)5-7(8)10/h3-5H,10H2,1-2H3,(H2,11,12,13). The Hall–Kier alpha value is -1.96. The maximum absolute atomic E-state index is 11.7. The number of urea groups is 1. The summed E-state index contributed by atoms with van der Waals surface area (Å²) in [6.07, 6.45) is 0. The number of methoxy groups -OCH3 is 1. The highest BCUT2D eigenvalue weighted by Crippen LogP contribution is 2.23. The fourth-order valence-electron chi connectivity index (χ4n) is 1.13. The number of nitrogens with two attached hydrogens (primary N) is 1. The minimum Gasteiger partial charge on any atom is -0.497 e. The lowest BCUT2D eigenvalue weighted by molar-refractivity contribution is 0.248. The first-order chi connectivity index (χ1) is 7.90. The number of hydrogen-bond donors (Lipinski definition) is 3. The predicted octanol–water partition coefficient (Wildman–Crippen LogP) is -0.105. The quantitative estimate of drug-likeness (QED) is 0.656. The number of ether oxygens (including phenoxy) is 1. The Balaban J connectivity index is 3.11. The van der Waals surface area contributed by atoms with E-state index in [-0.39, 0.29) is 10.6 Å². The number of carbonyl (C=O) groups is 1. The first-order valence-electron chi connectivity index (χ1n) is 4.58. The summed E-state index contributed by atoms with van der Waals surface area (Å²) in [5.74, 6) is 0.432. The van der Waals surface area contributed by atoms with E-state index in [1.165, 1.54) is 32.4 Å². The van der Waals surface area contributed by atoms with Crippen LogP contribution in [0.1, 0.15) is 0 Å². The number of benzene rings is 1. The molecule has 4 N–H and O–H groups in total. The zero-order chi connectivity index (χ0) is 13.1. The molecule has 17 heavy (non-hydrogen) atoms. The molecular formula is C9H13N3O4S. The van der Waals surface area contributed by atoms with Crippen molar-refractivity contribution in [3.8, 4) is 5.75 Å². The molecule has 0 fully saturated rings. The molecule has 0 unspecified atom stereocenters. The largest absolute Gasteiger partial charge is 0.497 e. The predicted molar refractivity (Wildman–Crippen MR) is 62.2 cm³/mol. The minimum absolute atomic E-state index is 0.000697. The van der Waals surface area contributed by atoms with Gasteiger partial charge in [0.1, 0.15) is 10.6 Å². The van der Waals surface area contributed by atoms with Gasteiger partial charge in [-0.3, -0.25) is 0 Å². The molecule has 0 aliphatic rings. The van der Waals surface area contributed by atoms with Gasteiger partial charge in [-0.25, -0.2) is 17.9 Å². The van der Waals surface area contributed by atoms with Crippen LogP contribution in [0.25, 0.3) is 0 Å². The molecule has 0 spiro atoms. The normalized spacial score (nSPS) is 10.7. The van der Waals surface area contributed by atoms with Gasteiger partial charge < -0.3 is 15.8 Å². The second-order valence-corrected chi connectivity index (χ2v) is 4.74. The van der Waals surface area contributed by atoms with E-state index < -0.39 is 16.1 Å². The van der Waals surface area contributed by atoms with Crippen molar-refractivity contribution in [1.29, 1.82) is 0 Å². The fraction of sp³-hybridized carbons (Fsp3) is 0.222. The van der Waals surface area contributed by atoms with Crippen LogP contribution in [0.3, 0.4) is 0 Å². The van der Waals surface area contributed by atoms with E-state index in [1.807, 2.05) is 0 Å². The lowest BCUT2D eigenvalue weighted by atomic mass is 10.3. The SMILES string of the molecule is CNC(=O)NS(=O)(=O)c1ccc(OC)cc1N. The smallest absolute Gasteiger partial charge is 0.328 e. The lowest BCUT2D eigenvalue weighted by Gasteiger charge is -2.09. The van der Waals surface area contributed by atoms with Crippen LogP contribution in [0.15, 0.2) is 23.1 Å². The van der Waals surface area contributed by atoms with E-state index in [0.717, 1.165) is 0 Å². The van der Waals surface area contributed by atoms with E-state index in [2.05, 4.69) is 5.32 Å². The number of sulfonamides is 1. The average Bonchev–Trinajstić information content (AvgIpc) is 2.27. The molecule has 1 aromatic carbocycles. The Bertz CT molecular complexity index is 527. The van der Waals surface area contributed by atoms with Gasteiger partial charge in [-0.05, 0) is 12.1 Å². The first kappa shape index (κ1) is 13.1. The Morgan fingerprint density at radius 2 is 2.06 bits per heavy atom. The third kappa shape index (κ3) is 3.00. The zero-order valence-corrected chi connectivity index (χ0v) is 10.2. The number of nitrogen functional groups attached to an aromatic ring is 1. The number of rotatable bonds is 3. The summed E-state index contributed by atoms with van der Waals surface area (Å²) in [6, 6.07) is 3.23. The molecule has 0 heterocycles. The molecule has 8 heteroatoms. The Morgan fingerprint density at radius 3 is 2.53 bits per heavy atom. The van der Waals surface area contributed by atoms with E-state index >= 15 is 0 Å². The van der Waals surface area contributed by atoms with Crippen molar-refractivity contribution in [1.82, 2.24) is 10.0 Å². The molecule has 0 aliphatic heterocycles. The number of nitrogens with one attached hydrogen (secondary N) is 2. The summed E-state index contributed by atoms with van der Waals surface area (Å²) in [6.45, 7) is 0. The van der Waals surface area contributed by atoms with Gasteiger partial charge in [0.2, 0.25) is 0 Å². The molecular weight excluding hydrogens is 246 g/mol. The van der Waals surface area contributed by atoms with Crippen LogP contribution in [-0.4, -0.2) is 28.6 Å². The molecule has 1 aromatic rings. The van der Waals surface area contributed by atoms with Crippen LogP contribution < -0.4 is 20.5 Å². The molecule has 2 amide bonds. The van der Waals surface area contributed by atoms with E-state index in [0.29, 0.717) is 5.75 Å². The molecule has 94 valence electrons. The zero-order valence-electron chi connectivity index (χ0n) is 9.35. The number of hydrogen-bond acceptors (Lipinski definition) is 5. The van der Waals surface area contributed by atoms with Crippen molar-refractivity contribution in [2.45, 2.75) is 4.90 Å². The van der Waals surface area contributed by atoms with E-state index in [1.54, 1.807) is 4.72 Å². The lowest BCUT2D eigenvalue weighted by Crippen LogP contribution is -2.37. The molecule has 0 aromatic heterocycles. The van der Waals surface area contributed by atoms with Crippen LogP contribution in [0.2, 0.25) is 0 Å². The molecule has 0 saturated heterocycles. The van der Waals surface area contributed by atoms with Crippen molar-refractivity contribution in [2.24, 2.45) is 0 Å². The van der Waals surface area contributed by atoms with Crippen molar-refractivity contribution in [2.75, 3.05) is 19.9 Å². The summed E-state index contributed by atoms with van der Waals surface area (Å²) in [5.41, 5.74) is 5.57. The summed E-state index contributed by atoms with van der Waals surface area (Å²) < 4.78 is 30.2. The highest BCUT2D eigenvalue weighted by Gasteiger charge is 2.19. The van der Waals surface area contributed by atoms with Crippen molar-refractivity contribution < 1.29 is 17.9 Å². The van der Waals surface area contributed by atoms with Crippen LogP contribution in [-0.2, 0) is 10.0 Å². The second-order valence-electron chi connectivity index (χ2n) is 3.09. The topological polar surface area (TPSA) is 111 Å². The van der Waals surface area contributed by atoms with Crippen molar-refractivity contribution >= 4 is 21.7 Å². The van der Waals surface area contributed by atoms with Gasteiger partial charge in [0, 0.05) is 13.1 Å². The highest BCUT2D eigenvalue weighted by molar-refractivity contribution is 7.90. The monoisotopic (exact) mass is 259 g/mol. The van der Waals surface area contributed by atoms with Gasteiger partial charge in [-0.15, -0.1) is 0 Å². The Kier molecular flexibility index (Phi) is 3.79. The average molecular weight is 259 g/mol. The molecule has 1 rings (SSSR count). The van der Waals surface area contributed by atoms with E-state index in [9.17, 15) is 13.2 Å². The van der Waals surface area contributed by atoms with E-state index in [4.69, 9.17) is 10.5 Å². The first-order valence-corrected chi connectivity index (χ1v) is 6.07. The summed E-state index contributed by atoms with van der Waals surface area (Å²) in [7, 11) is -1.23. The molecule has 0 radical (unpaired) electrons. The molecule has 0 aliphatic carbocycles. The third-order valence-corrected chi connectivity index (χ3v) is 3.37. The molecule has 0 saturated carbocycles.